The van der Waals surface area contributed by atoms with Crippen molar-refractivity contribution < 1.29 is 19.2 Å². The summed E-state index contributed by atoms with van der Waals surface area (Å²) in [6.07, 6.45) is 5.76. The fourth-order valence-corrected chi connectivity index (χ4v) is 5.69. The van der Waals surface area contributed by atoms with Crippen LogP contribution in [0, 0.1) is 31.6 Å². The molecule has 3 atom stereocenters. The van der Waals surface area contributed by atoms with Crippen molar-refractivity contribution in [1.29, 1.82) is 0 Å². The maximum absolute atomic E-state index is 12.7. The number of carbonyl (C=O) groups is 4. The molecule has 0 radical (unpaired) electrons. The SMILES string of the molecule is CC(=O)Cc1ccc(C)cc1.CCCC(CC1CC(=O)c2c(C)cccc2C1)C(CC)C(=O)CC(C)=O. The van der Waals surface area contributed by atoms with E-state index in [0.717, 1.165) is 54.4 Å². The maximum atomic E-state index is 12.7. The average molecular weight is 505 g/mol. The van der Waals surface area contributed by atoms with Gasteiger partial charge in [0.1, 0.15) is 17.3 Å². The van der Waals surface area contributed by atoms with Crippen molar-refractivity contribution in [2.75, 3.05) is 0 Å². The van der Waals surface area contributed by atoms with Gasteiger partial charge in [0.05, 0.1) is 6.42 Å². The lowest BCUT2D eigenvalue weighted by Crippen LogP contribution is -2.29. The first-order valence-corrected chi connectivity index (χ1v) is 13.7. The second kappa shape index (κ2) is 14.8. The quantitative estimate of drug-likeness (QED) is 0.302. The first-order chi connectivity index (χ1) is 17.5. The van der Waals surface area contributed by atoms with Crippen molar-refractivity contribution >= 4 is 23.1 Å². The van der Waals surface area contributed by atoms with Crippen LogP contribution in [-0.4, -0.2) is 23.1 Å². The lowest BCUT2D eigenvalue weighted by Gasteiger charge is -2.31. The van der Waals surface area contributed by atoms with Crippen molar-refractivity contribution in [3.05, 3.63) is 70.3 Å². The number of hydrogen-bond acceptors (Lipinski definition) is 4. The minimum absolute atomic E-state index is 0.0460. The first-order valence-electron chi connectivity index (χ1n) is 13.7. The molecular formula is C33H44O4. The van der Waals surface area contributed by atoms with Crippen LogP contribution in [0.3, 0.4) is 0 Å². The summed E-state index contributed by atoms with van der Waals surface area (Å²) in [5.74, 6) is 0.987. The predicted octanol–water partition coefficient (Wildman–Crippen LogP) is 7.25. The van der Waals surface area contributed by atoms with E-state index in [1.54, 1.807) is 6.92 Å². The van der Waals surface area contributed by atoms with Crippen LogP contribution < -0.4 is 0 Å². The van der Waals surface area contributed by atoms with Gasteiger partial charge in [0.25, 0.3) is 0 Å². The summed E-state index contributed by atoms with van der Waals surface area (Å²) < 4.78 is 0. The molecule has 0 aromatic heterocycles. The van der Waals surface area contributed by atoms with Crippen LogP contribution in [0.1, 0.15) is 98.8 Å². The highest BCUT2D eigenvalue weighted by molar-refractivity contribution is 6.00. The summed E-state index contributed by atoms with van der Waals surface area (Å²) in [6, 6.07) is 14.1. The molecule has 0 spiro atoms. The summed E-state index contributed by atoms with van der Waals surface area (Å²) in [4.78, 5) is 47.3. The van der Waals surface area contributed by atoms with Crippen LogP contribution in [0.4, 0.5) is 0 Å². The van der Waals surface area contributed by atoms with Crippen LogP contribution in [0.15, 0.2) is 42.5 Å². The third-order valence-electron chi connectivity index (χ3n) is 7.34. The van der Waals surface area contributed by atoms with E-state index in [1.807, 2.05) is 57.2 Å². The van der Waals surface area contributed by atoms with Gasteiger partial charge in [-0.15, -0.1) is 0 Å². The molecular weight excluding hydrogens is 460 g/mol. The van der Waals surface area contributed by atoms with Gasteiger partial charge in [-0.05, 0) is 75.5 Å². The Morgan fingerprint density at radius 3 is 2.16 bits per heavy atom. The monoisotopic (exact) mass is 504 g/mol. The molecule has 0 heterocycles. The van der Waals surface area contributed by atoms with Crippen LogP contribution in [0.25, 0.3) is 0 Å². The molecule has 1 aliphatic rings. The van der Waals surface area contributed by atoms with Gasteiger partial charge in [0.15, 0.2) is 5.78 Å². The summed E-state index contributed by atoms with van der Waals surface area (Å²) in [5.41, 5.74) is 5.47. The number of benzene rings is 2. The summed E-state index contributed by atoms with van der Waals surface area (Å²) in [7, 11) is 0. The van der Waals surface area contributed by atoms with Gasteiger partial charge < -0.3 is 0 Å². The van der Waals surface area contributed by atoms with E-state index in [1.165, 1.54) is 12.5 Å². The number of Topliss-reactive ketones (excluding diaryl/α,β-unsaturated/α-hetero) is 4. The molecule has 0 N–H and O–H groups in total. The van der Waals surface area contributed by atoms with Crippen LogP contribution in [-0.2, 0) is 27.2 Å². The van der Waals surface area contributed by atoms with Gasteiger partial charge in [0, 0.05) is 24.3 Å². The van der Waals surface area contributed by atoms with Crippen molar-refractivity contribution in [1.82, 2.24) is 0 Å². The molecule has 0 fully saturated rings. The third kappa shape index (κ3) is 9.50. The molecule has 2 aromatic carbocycles. The molecule has 4 heteroatoms. The normalized spacial score (nSPS) is 16.2. The Balaban J connectivity index is 0.000000364. The van der Waals surface area contributed by atoms with E-state index in [2.05, 4.69) is 13.0 Å². The van der Waals surface area contributed by atoms with E-state index >= 15 is 0 Å². The third-order valence-corrected chi connectivity index (χ3v) is 7.34. The Morgan fingerprint density at radius 2 is 1.59 bits per heavy atom. The number of carbonyl (C=O) groups excluding carboxylic acids is 4. The lowest BCUT2D eigenvalue weighted by molar-refractivity contribution is -0.130. The zero-order chi connectivity index (χ0) is 27.5. The second-order valence-corrected chi connectivity index (χ2v) is 10.8. The molecule has 3 rings (SSSR count). The Hall–Kier alpha value is -2.88. The molecule has 37 heavy (non-hydrogen) atoms. The van der Waals surface area contributed by atoms with Gasteiger partial charge >= 0.3 is 0 Å². The molecule has 200 valence electrons. The zero-order valence-corrected chi connectivity index (χ0v) is 23.6. The minimum Gasteiger partial charge on any atom is -0.300 e. The molecule has 3 unspecified atom stereocenters. The second-order valence-electron chi connectivity index (χ2n) is 10.8. The van der Waals surface area contributed by atoms with E-state index in [0.29, 0.717) is 18.8 Å². The van der Waals surface area contributed by atoms with Crippen molar-refractivity contribution in [3.8, 4) is 0 Å². The van der Waals surface area contributed by atoms with Gasteiger partial charge in [-0.2, -0.15) is 0 Å². The van der Waals surface area contributed by atoms with Crippen LogP contribution in [0.5, 0.6) is 0 Å². The Morgan fingerprint density at radius 1 is 0.919 bits per heavy atom. The number of hydrogen-bond donors (Lipinski definition) is 0. The molecule has 0 saturated heterocycles. The Labute approximate surface area is 223 Å². The highest BCUT2D eigenvalue weighted by atomic mass is 16.1. The summed E-state index contributed by atoms with van der Waals surface area (Å²) in [5, 5.41) is 0. The van der Waals surface area contributed by atoms with Crippen LogP contribution in [0.2, 0.25) is 0 Å². The van der Waals surface area contributed by atoms with Gasteiger partial charge in [-0.3, -0.25) is 19.2 Å². The average Bonchev–Trinajstić information content (AvgIpc) is 2.81. The van der Waals surface area contributed by atoms with Gasteiger partial charge in [0.2, 0.25) is 0 Å². The fraction of sp³-hybridized carbons (Fsp3) is 0.515. The smallest absolute Gasteiger partial charge is 0.163 e. The summed E-state index contributed by atoms with van der Waals surface area (Å²) in [6.45, 7) is 11.3. The molecule has 0 aliphatic heterocycles. The molecule has 2 aromatic rings. The molecule has 4 nitrogen and oxygen atoms in total. The number of aryl methyl sites for hydroxylation is 2. The molecule has 0 saturated carbocycles. The van der Waals surface area contributed by atoms with E-state index in [9.17, 15) is 19.2 Å². The number of fused-ring (bicyclic) bond motifs is 1. The van der Waals surface area contributed by atoms with Crippen molar-refractivity contribution in [3.63, 3.8) is 0 Å². The highest BCUT2D eigenvalue weighted by Crippen LogP contribution is 2.36. The van der Waals surface area contributed by atoms with E-state index < -0.39 is 0 Å². The van der Waals surface area contributed by atoms with Gasteiger partial charge in [-0.25, -0.2) is 0 Å². The number of rotatable bonds is 11. The largest absolute Gasteiger partial charge is 0.300 e. The minimum atomic E-state index is -0.0622. The van der Waals surface area contributed by atoms with E-state index in [-0.39, 0.29) is 41.4 Å². The zero-order valence-electron chi connectivity index (χ0n) is 23.6. The van der Waals surface area contributed by atoms with E-state index in [4.69, 9.17) is 0 Å². The lowest BCUT2D eigenvalue weighted by atomic mass is 9.72. The van der Waals surface area contributed by atoms with Crippen molar-refractivity contribution in [2.45, 2.75) is 92.9 Å². The molecule has 1 aliphatic carbocycles. The maximum Gasteiger partial charge on any atom is 0.163 e. The fourth-order valence-electron chi connectivity index (χ4n) is 5.69. The topological polar surface area (TPSA) is 68.3 Å². The van der Waals surface area contributed by atoms with Crippen LogP contribution >= 0.6 is 0 Å². The van der Waals surface area contributed by atoms with Crippen molar-refractivity contribution in [2.24, 2.45) is 17.8 Å². The molecule has 0 amide bonds. The Bertz CT molecular complexity index is 1080. The highest BCUT2D eigenvalue weighted by Gasteiger charge is 2.32. The predicted molar refractivity (Wildman–Crippen MR) is 150 cm³/mol. The Kier molecular flexibility index (Phi) is 12.1. The standard InChI is InChI=1S/C23H32O3.C10H12O/c1-5-8-18(20(6-2)21(25)11-16(4)24)12-17-13-19-10-7-9-15(3)23(19)22(26)14-17;1-8-3-5-10(6-4-8)7-9(2)11/h7,9-10,17-18,20H,5-6,8,11-14H2,1-4H3;3-6H,7H2,1-2H3. The number of ketones is 4. The summed E-state index contributed by atoms with van der Waals surface area (Å²) >= 11 is 0. The molecule has 0 bridgehead atoms. The first kappa shape index (κ1) is 30.3. The van der Waals surface area contributed by atoms with Gasteiger partial charge in [-0.1, -0.05) is 74.7 Å².